The first-order valence-electron chi connectivity index (χ1n) is 5.81. The Morgan fingerprint density at radius 1 is 1.67 bits per heavy atom. The molecule has 1 aliphatic rings. The third-order valence-electron chi connectivity index (χ3n) is 2.88. The predicted octanol–water partition coefficient (Wildman–Crippen LogP) is 0.276. The number of H-pyrrole nitrogens is 1. The van der Waals surface area contributed by atoms with Crippen LogP contribution in [0.3, 0.4) is 0 Å². The number of aliphatic imine (C=N–C) groups is 1. The maximum atomic E-state index is 8.54. The van der Waals surface area contributed by atoms with Gasteiger partial charge in [-0.15, -0.1) is 0 Å². The van der Waals surface area contributed by atoms with E-state index in [0.717, 1.165) is 18.5 Å². The van der Waals surface area contributed by atoms with Crippen molar-refractivity contribution in [2.75, 3.05) is 13.7 Å². The number of guanidine groups is 1. The van der Waals surface area contributed by atoms with Crippen molar-refractivity contribution >= 4 is 5.96 Å². The summed E-state index contributed by atoms with van der Waals surface area (Å²) in [5.41, 5.74) is 1.01. The summed E-state index contributed by atoms with van der Waals surface area (Å²) in [4.78, 5) is 11.0. The molecule has 18 heavy (non-hydrogen) atoms. The maximum Gasteiger partial charge on any atom is 0.204 e. The highest BCUT2D eigenvalue weighted by molar-refractivity contribution is 5.81. The molecule has 1 aliphatic heterocycles. The smallest absolute Gasteiger partial charge is 0.204 e. The van der Waals surface area contributed by atoms with Crippen LogP contribution in [0, 0.1) is 11.5 Å². The molecule has 0 saturated carbocycles. The van der Waals surface area contributed by atoms with Gasteiger partial charge in [0.1, 0.15) is 0 Å². The van der Waals surface area contributed by atoms with E-state index in [9.17, 15) is 0 Å². The zero-order valence-corrected chi connectivity index (χ0v) is 10.2. The Morgan fingerprint density at radius 2 is 2.56 bits per heavy atom. The predicted molar refractivity (Wildman–Crippen MR) is 65.5 cm³/mol. The van der Waals surface area contributed by atoms with Gasteiger partial charge in [-0.1, -0.05) is 0 Å². The number of ether oxygens (including phenoxy) is 1. The monoisotopic (exact) mass is 248 g/mol. The largest absolute Gasteiger partial charge is 0.370 e. The molecule has 2 atom stereocenters. The SMILES string of the molecule is CN=C(NC#N)N[C@@H]1CC[C@H](c2cnc[nH]2)OC1. The van der Waals surface area contributed by atoms with Gasteiger partial charge in [0.15, 0.2) is 6.19 Å². The van der Waals surface area contributed by atoms with E-state index in [0.29, 0.717) is 12.6 Å². The van der Waals surface area contributed by atoms with Crippen LogP contribution in [0.25, 0.3) is 0 Å². The van der Waals surface area contributed by atoms with Crippen LogP contribution in [0.15, 0.2) is 17.5 Å². The lowest BCUT2D eigenvalue weighted by Gasteiger charge is -2.29. The van der Waals surface area contributed by atoms with Crippen LogP contribution in [-0.2, 0) is 4.74 Å². The second-order valence-electron chi connectivity index (χ2n) is 4.06. The van der Waals surface area contributed by atoms with Crippen LogP contribution in [0.2, 0.25) is 0 Å². The number of imidazole rings is 1. The summed E-state index contributed by atoms with van der Waals surface area (Å²) in [6.45, 7) is 0.579. The van der Waals surface area contributed by atoms with Crippen LogP contribution in [0.4, 0.5) is 0 Å². The number of nitrogens with one attached hydrogen (secondary N) is 3. The summed E-state index contributed by atoms with van der Waals surface area (Å²) in [6.07, 6.45) is 7.22. The minimum Gasteiger partial charge on any atom is -0.370 e. The van der Waals surface area contributed by atoms with E-state index in [1.807, 2.05) is 6.19 Å². The average molecular weight is 248 g/mol. The zero-order chi connectivity index (χ0) is 12.8. The number of aromatic amines is 1. The Hall–Kier alpha value is -2.07. The van der Waals surface area contributed by atoms with Gasteiger partial charge in [0.2, 0.25) is 5.96 Å². The third-order valence-corrected chi connectivity index (χ3v) is 2.88. The van der Waals surface area contributed by atoms with E-state index in [4.69, 9.17) is 10.00 Å². The van der Waals surface area contributed by atoms with Gasteiger partial charge in [-0.25, -0.2) is 4.98 Å². The molecular formula is C11H16N6O. The molecule has 0 amide bonds. The molecule has 0 radical (unpaired) electrons. The van der Waals surface area contributed by atoms with E-state index in [-0.39, 0.29) is 12.1 Å². The molecular weight excluding hydrogens is 232 g/mol. The number of aromatic nitrogens is 2. The molecule has 7 nitrogen and oxygen atoms in total. The maximum absolute atomic E-state index is 8.54. The Labute approximate surface area is 105 Å². The van der Waals surface area contributed by atoms with Crippen molar-refractivity contribution in [3.63, 3.8) is 0 Å². The van der Waals surface area contributed by atoms with Crippen LogP contribution in [-0.4, -0.2) is 35.6 Å². The molecule has 0 aliphatic carbocycles. The molecule has 0 bridgehead atoms. The normalized spacial score (nSPS) is 24.3. The number of hydrogen-bond acceptors (Lipinski definition) is 4. The van der Waals surface area contributed by atoms with Gasteiger partial charge in [0.25, 0.3) is 0 Å². The van der Waals surface area contributed by atoms with E-state index >= 15 is 0 Å². The summed E-state index contributed by atoms with van der Waals surface area (Å²) in [6, 6.07) is 0.170. The standard InChI is InChI=1S/C11H16N6O/c1-13-11(15-6-12)17-8-2-3-10(18-5-8)9-4-14-7-16-9/h4,7-8,10H,2-3,5H2,1H3,(H,14,16)(H2,13,15,17)/t8-,10-/m1/s1. The number of nitriles is 1. The highest BCUT2D eigenvalue weighted by Gasteiger charge is 2.24. The van der Waals surface area contributed by atoms with Gasteiger partial charge in [-0.2, -0.15) is 5.26 Å². The van der Waals surface area contributed by atoms with E-state index < -0.39 is 0 Å². The lowest BCUT2D eigenvalue weighted by molar-refractivity contribution is -0.00237. The van der Waals surface area contributed by atoms with Crippen LogP contribution < -0.4 is 10.6 Å². The van der Waals surface area contributed by atoms with Crippen molar-refractivity contribution in [1.82, 2.24) is 20.6 Å². The van der Waals surface area contributed by atoms with Crippen molar-refractivity contribution in [3.8, 4) is 6.19 Å². The Kier molecular flexibility index (Phi) is 4.15. The quantitative estimate of drug-likeness (QED) is 0.302. The first-order valence-corrected chi connectivity index (χ1v) is 5.81. The van der Waals surface area contributed by atoms with Crippen molar-refractivity contribution in [1.29, 1.82) is 5.26 Å². The molecule has 1 fully saturated rings. The van der Waals surface area contributed by atoms with Gasteiger partial charge in [-0.05, 0) is 12.8 Å². The van der Waals surface area contributed by atoms with E-state index in [2.05, 4.69) is 25.6 Å². The Balaban J connectivity index is 1.82. The van der Waals surface area contributed by atoms with Crippen molar-refractivity contribution in [3.05, 3.63) is 18.2 Å². The fraction of sp³-hybridized carbons (Fsp3) is 0.545. The molecule has 2 rings (SSSR count). The van der Waals surface area contributed by atoms with E-state index in [1.165, 1.54) is 0 Å². The van der Waals surface area contributed by atoms with Gasteiger partial charge in [0, 0.05) is 7.05 Å². The molecule has 0 unspecified atom stereocenters. The Bertz CT molecular complexity index is 427. The van der Waals surface area contributed by atoms with Crippen molar-refractivity contribution in [2.45, 2.75) is 25.0 Å². The van der Waals surface area contributed by atoms with Crippen LogP contribution in [0.1, 0.15) is 24.6 Å². The van der Waals surface area contributed by atoms with Crippen LogP contribution >= 0.6 is 0 Å². The summed E-state index contributed by atoms with van der Waals surface area (Å²) < 4.78 is 5.76. The number of nitrogens with zero attached hydrogens (tertiary/aromatic N) is 3. The average Bonchev–Trinajstić information content (AvgIpc) is 2.93. The first-order chi connectivity index (χ1) is 8.83. The number of hydrogen-bond donors (Lipinski definition) is 3. The minimum absolute atomic E-state index is 0.0801. The van der Waals surface area contributed by atoms with Crippen molar-refractivity contribution in [2.24, 2.45) is 4.99 Å². The molecule has 0 aromatic carbocycles. The lowest BCUT2D eigenvalue weighted by Crippen LogP contribution is -2.45. The fourth-order valence-electron chi connectivity index (χ4n) is 1.96. The lowest BCUT2D eigenvalue weighted by atomic mass is 10.0. The van der Waals surface area contributed by atoms with Gasteiger partial charge in [0.05, 0.1) is 37.0 Å². The molecule has 1 aromatic heterocycles. The second-order valence-corrected chi connectivity index (χ2v) is 4.06. The van der Waals surface area contributed by atoms with Gasteiger partial charge in [-0.3, -0.25) is 10.3 Å². The van der Waals surface area contributed by atoms with Gasteiger partial charge >= 0.3 is 0 Å². The molecule has 0 spiro atoms. The zero-order valence-electron chi connectivity index (χ0n) is 10.2. The van der Waals surface area contributed by atoms with Gasteiger partial charge < -0.3 is 15.0 Å². The molecule has 3 N–H and O–H groups in total. The fourth-order valence-corrected chi connectivity index (χ4v) is 1.96. The summed E-state index contributed by atoms with van der Waals surface area (Å²) in [5, 5.41) is 14.2. The third kappa shape index (κ3) is 2.99. The molecule has 7 heteroatoms. The second kappa shape index (κ2) is 6.02. The van der Waals surface area contributed by atoms with Crippen LogP contribution in [0.5, 0.6) is 0 Å². The summed E-state index contributed by atoms with van der Waals surface area (Å²) in [7, 11) is 1.63. The number of rotatable bonds is 2. The van der Waals surface area contributed by atoms with Crippen molar-refractivity contribution < 1.29 is 4.74 Å². The molecule has 1 aromatic rings. The molecule has 1 saturated heterocycles. The topological polar surface area (TPSA) is 98.1 Å². The van der Waals surface area contributed by atoms with E-state index in [1.54, 1.807) is 19.6 Å². The minimum atomic E-state index is 0.0801. The first kappa shape index (κ1) is 12.4. The highest BCUT2D eigenvalue weighted by atomic mass is 16.5. The molecule has 2 heterocycles. The summed E-state index contributed by atoms with van der Waals surface area (Å²) >= 11 is 0. The Morgan fingerprint density at radius 3 is 3.11 bits per heavy atom. The highest BCUT2D eigenvalue weighted by Crippen LogP contribution is 2.26. The summed E-state index contributed by atoms with van der Waals surface area (Å²) in [5.74, 6) is 0.478. The molecule has 96 valence electrons.